The molecule has 0 bridgehead atoms. The van der Waals surface area contributed by atoms with Gasteiger partial charge in [0.25, 0.3) is 5.69 Å². The number of nitro benzene ring substituents is 1. The predicted molar refractivity (Wildman–Crippen MR) is 114 cm³/mol. The maximum atomic E-state index is 13.1. The van der Waals surface area contributed by atoms with Crippen LogP contribution < -0.4 is 10.6 Å². The smallest absolute Gasteiger partial charge is 0.271 e. The molecular weight excluding hydrogens is 390 g/mol. The highest BCUT2D eigenvalue weighted by atomic mass is 35.5. The van der Waals surface area contributed by atoms with E-state index in [4.69, 9.17) is 11.6 Å². The van der Waals surface area contributed by atoms with Crippen LogP contribution in [0.15, 0.2) is 78.9 Å². The van der Waals surface area contributed by atoms with Crippen molar-refractivity contribution in [1.82, 2.24) is 5.32 Å². The molecule has 0 spiro atoms. The number of nitrogens with one attached hydrogen (secondary N) is 2. The first kappa shape index (κ1) is 20.5. The molecule has 0 aliphatic rings. The Labute approximate surface area is 173 Å². The highest BCUT2D eigenvalue weighted by molar-refractivity contribution is 6.34. The van der Waals surface area contributed by atoms with Gasteiger partial charge in [0.2, 0.25) is 5.91 Å². The molecule has 3 aromatic carbocycles. The Kier molecular flexibility index (Phi) is 6.59. The van der Waals surface area contributed by atoms with Crippen molar-refractivity contribution in [3.63, 3.8) is 0 Å². The van der Waals surface area contributed by atoms with Crippen molar-refractivity contribution < 1.29 is 9.72 Å². The average Bonchev–Trinajstić information content (AvgIpc) is 2.74. The van der Waals surface area contributed by atoms with Crippen molar-refractivity contribution in [3.05, 3.63) is 105 Å². The first-order chi connectivity index (χ1) is 14.0. The average molecular weight is 410 g/mol. The van der Waals surface area contributed by atoms with Gasteiger partial charge in [-0.1, -0.05) is 72.3 Å². The minimum absolute atomic E-state index is 0.0838. The predicted octanol–water partition coefficient (Wildman–Crippen LogP) is 5.28. The molecule has 1 amide bonds. The van der Waals surface area contributed by atoms with Crippen LogP contribution in [-0.4, -0.2) is 10.8 Å². The molecule has 0 aliphatic carbocycles. The zero-order valence-corrected chi connectivity index (χ0v) is 16.5. The Bertz CT molecular complexity index is 997. The number of hydrogen-bond donors (Lipinski definition) is 2. The van der Waals surface area contributed by atoms with E-state index in [2.05, 4.69) is 10.6 Å². The third kappa shape index (κ3) is 5.19. The number of benzene rings is 3. The van der Waals surface area contributed by atoms with E-state index in [-0.39, 0.29) is 22.7 Å². The van der Waals surface area contributed by atoms with Crippen molar-refractivity contribution in [1.29, 1.82) is 0 Å². The van der Waals surface area contributed by atoms with Gasteiger partial charge in [-0.05, 0) is 24.1 Å². The van der Waals surface area contributed by atoms with Crippen molar-refractivity contribution >= 4 is 28.9 Å². The van der Waals surface area contributed by atoms with Crippen molar-refractivity contribution in [3.8, 4) is 0 Å². The van der Waals surface area contributed by atoms with E-state index in [0.717, 1.165) is 11.1 Å². The molecule has 0 heterocycles. The van der Waals surface area contributed by atoms with Crippen LogP contribution in [0.1, 0.15) is 30.1 Å². The second-order valence-corrected chi connectivity index (χ2v) is 6.96. The number of carbonyl (C=O) groups is 1. The number of hydrogen-bond acceptors (Lipinski definition) is 4. The van der Waals surface area contributed by atoms with Crippen LogP contribution >= 0.6 is 11.6 Å². The second-order valence-electron chi connectivity index (χ2n) is 6.55. The molecule has 0 aromatic heterocycles. The summed E-state index contributed by atoms with van der Waals surface area (Å²) in [6.45, 7) is 1.98. The Morgan fingerprint density at radius 2 is 1.55 bits per heavy atom. The van der Waals surface area contributed by atoms with E-state index >= 15 is 0 Å². The SMILES string of the molecule is C[C@H](N[C@@H](C(=O)Nc1ccc([N+](=O)[O-])cc1Cl)c1ccccc1)c1ccccc1. The van der Waals surface area contributed by atoms with Crippen LogP contribution in [0.2, 0.25) is 5.02 Å². The Balaban J connectivity index is 1.84. The molecule has 0 saturated carbocycles. The lowest BCUT2D eigenvalue weighted by Gasteiger charge is -2.24. The zero-order chi connectivity index (χ0) is 20.8. The number of halogens is 1. The van der Waals surface area contributed by atoms with Gasteiger partial charge in [0.1, 0.15) is 6.04 Å². The summed E-state index contributed by atoms with van der Waals surface area (Å²) in [5, 5.41) is 17.1. The van der Waals surface area contributed by atoms with Crippen molar-refractivity contribution in [2.75, 3.05) is 5.32 Å². The quantitative estimate of drug-likeness (QED) is 0.410. The van der Waals surface area contributed by atoms with Gasteiger partial charge < -0.3 is 5.32 Å². The van der Waals surface area contributed by atoms with Gasteiger partial charge >= 0.3 is 0 Å². The Morgan fingerprint density at radius 3 is 2.10 bits per heavy atom. The normalized spacial score (nSPS) is 12.8. The zero-order valence-electron chi connectivity index (χ0n) is 15.7. The van der Waals surface area contributed by atoms with E-state index in [9.17, 15) is 14.9 Å². The third-order valence-corrected chi connectivity index (χ3v) is 4.85. The molecule has 3 rings (SSSR count). The third-order valence-electron chi connectivity index (χ3n) is 4.53. The number of non-ortho nitro benzene ring substituents is 1. The van der Waals surface area contributed by atoms with Crippen LogP contribution in [0.25, 0.3) is 0 Å². The van der Waals surface area contributed by atoms with E-state index in [1.54, 1.807) is 0 Å². The number of nitro groups is 1. The van der Waals surface area contributed by atoms with Crippen LogP contribution in [0.5, 0.6) is 0 Å². The molecule has 2 N–H and O–H groups in total. The standard InChI is InChI=1S/C22H20ClN3O3/c1-15(16-8-4-2-5-9-16)24-21(17-10-6-3-7-11-17)22(27)25-20-13-12-18(26(28)29)14-19(20)23/h2-15,21,24H,1H3,(H,25,27)/t15-,21+/m0/s1. The van der Waals surface area contributed by atoms with Crippen LogP contribution in [0.4, 0.5) is 11.4 Å². The molecule has 0 radical (unpaired) electrons. The fourth-order valence-electron chi connectivity index (χ4n) is 2.98. The summed E-state index contributed by atoms with van der Waals surface area (Å²) in [6.07, 6.45) is 0. The van der Waals surface area contributed by atoms with E-state index in [0.29, 0.717) is 5.69 Å². The molecule has 3 aromatic rings. The van der Waals surface area contributed by atoms with E-state index in [1.165, 1.54) is 18.2 Å². The second kappa shape index (κ2) is 9.32. The maximum Gasteiger partial charge on any atom is 0.271 e. The Hall–Kier alpha value is -3.22. The van der Waals surface area contributed by atoms with Crippen LogP contribution in [-0.2, 0) is 4.79 Å². The van der Waals surface area contributed by atoms with Gasteiger partial charge in [-0.2, -0.15) is 0 Å². The summed E-state index contributed by atoms with van der Waals surface area (Å²) in [5.41, 5.74) is 2.03. The summed E-state index contributed by atoms with van der Waals surface area (Å²) >= 11 is 6.13. The summed E-state index contributed by atoms with van der Waals surface area (Å²) in [6, 6.07) is 22.4. The highest BCUT2D eigenvalue weighted by Gasteiger charge is 2.24. The van der Waals surface area contributed by atoms with Crippen molar-refractivity contribution in [2.24, 2.45) is 0 Å². The van der Waals surface area contributed by atoms with Crippen LogP contribution in [0, 0.1) is 10.1 Å². The topological polar surface area (TPSA) is 84.3 Å². The number of carbonyl (C=O) groups excluding carboxylic acids is 1. The molecule has 29 heavy (non-hydrogen) atoms. The molecular formula is C22H20ClN3O3. The summed E-state index contributed by atoms with van der Waals surface area (Å²) in [5.74, 6) is -0.310. The lowest BCUT2D eigenvalue weighted by atomic mass is 10.0. The molecule has 0 saturated heterocycles. The number of rotatable bonds is 7. The minimum Gasteiger partial charge on any atom is -0.323 e. The van der Waals surface area contributed by atoms with Gasteiger partial charge in [0, 0.05) is 18.2 Å². The molecule has 148 valence electrons. The van der Waals surface area contributed by atoms with E-state index in [1.807, 2.05) is 67.6 Å². The maximum absolute atomic E-state index is 13.1. The monoisotopic (exact) mass is 409 g/mol. The summed E-state index contributed by atoms with van der Waals surface area (Å²) in [4.78, 5) is 23.4. The summed E-state index contributed by atoms with van der Waals surface area (Å²) in [7, 11) is 0. The molecule has 7 heteroatoms. The molecule has 0 fully saturated rings. The molecule has 6 nitrogen and oxygen atoms in total. The summed E-state index contributed by atoms with van der Waals surface area (Å²) < 4.78 is 0. The lowest BCUT2D eigenvalue weighted by Crippen LogP contribution is -2.34. The number of nitrogens with zero attached hydrogens (tertiary/aromatic N) is 1. The number of anilines is 1. The molecule has 2 atom stereocenters. The number of amides is 1. The van der Waals surface area contributed by atoms with Gasteiger partial charge in [0.15, 0.2) is 0 Å². The molecule has 0 aliphatic heterocycles. The lowest BCUT2D eigenvalue weighted by molar-refractivity contribution is -0.384. The van der Waals surface area contributed by atoms with Crippen molar-refractivity contribution in [2.45, 2.75) is 19.0 Å². The minimum atomic E-state index is -0.641. The van der Waals surface area contributed by atoms with Gasteiger partial charge in [-0.15, -0.1) is 0 Å². The van der Waals surface area contributed by atoms with Gasteiger partial charge in [0.05, 0.1) is 15.6 Å². The first-order valence-electron chi connectivity index (χ1n) is 9.06. The largest absolute Gasteiger partial charge is 0.323 e. The highest BCUT2D eigenvalue weighted by Crippen LogP contribution is 2.28. The van der Waals surface area contributed by atoms with Gasteiger partial charge in [-0.3, -0.25) is 20.2 Å². The first-order valence-corrected chi connectivity index (χ1v) is 9.44. The Morgan fingerprint density at radius 1 is 0.966 bits per heavy atom. The van der Waals surface area contributed by atoms with Gasteiger partial charge in [-0.25, -0.2) is 0 Å². The van der Waals surface area contributed by atoms with E-state index < -0.39 is 11.0 Å². The fourth-order valence-corrected chi connectivity index (χ4v) is 3.20. The molecule has 0 unspecified atom stereocenters. The fraction of sp³-hybridized carbons (Fsp3) is 0.136. The van der Waals surface area contributed by atoms with Crippen LogP contribution in [0.3, 0.4) is 0 Å².